The van der Waals surface area contributed by atoms with Crippen molar-refractivity contribution in [3.8, 4) is 11.5 Å². The van der Waals surface area contributed by atoms with E-state index in [1.165, 1.54) is 0 Å². The summed E-state index contributed by atoms with van der Waals surface area (Å²) in [6, 6.07) is 7.85. The molecule has 0 saturated carbocycles. The molecule has 178 valence electrons. The molecule has 1 fully saturated rings. The van der Waals surface area contributed by atoms with Crippen molar-refractivity contribution in [1.29, 1.82) is 0 Å². The number of aromatic nitrogens is 1. The molecule has 2 N–H and O–H groups in total. The van der Waals surface area contributed by atoms with Gasteiger partial charge in [-0.05, 0) is 50.2 Å². The van der Waals surface area contributed by atoms with Gasteiger partial charge < -0.3 is 29.3 Å². The molecule has 1 aromatic carbocycles. The Kier molecular flexibility index (Phi) is 9.35. The first-order valence-corrected chi connectivity index (χ1v) is 11.5. The summed E-state index contributed by atoms with van der Waals surface area (Å²) in [5.41, 5.74) is 2.03. The first-order valence-electron chi connectivity index (χ1n) is 11.5. The Balaban J connectivity index is 1.49. The minimum atomic E-state index is -0.550. The van der Waals surface area contributed by atoms with Gasteiger partial charge in [0.15, 0.2) is 17.3 Å². The van der Waals surface area contributed by atoms with Gasteiger partial charge in [-0.2, -0.15) is 0 Å². The van der Waals surface area contributed by atoms with Gasteiger partial charge in [0.2, 0.25) is 0 Å². The summed E-state index contributed by atoms with van der Waals surface area (Å²) in [6.07, 6.45) is 0.575. The first kappa shape index (κ1) is 24.5. The van der Waals surface area contributed by atoms with Crippen LogP contribution in [0.5, 0.6) is 11.5 Å². The number of nitrogens with zero attached hydrogens (tertiary/aromatic N) is 3. The van der Waals surface area contributed by atoms with E-state index in [0.717, 1.165) is 49.6 Å². The minimum Gasteiger partial charge on any atom is -0.493 e. The van der Waals surface area contributed by atoms with Gasteiger partial charge in [-0.15, -0.1) is 0 Å². The summed E-state index contributed by atoms with van der Waals surface area (Å²) in [6.45, 7) is 10.4. The van der Waals surface area contributed by atoms with E-state index < -0.39 is 6.10 Å². The van der Waals surface area contributed by atoms with Crippen LogP contribution in [0.15, 0.2) is 28.8 Å². The molecule has 8 heteroatoms. The molecule has 1 unspecified atom stereocenters. The third-order valence-electron chi connectivity index (χ3n) is 5.74. The maximum Gasteiger partial charge on any atom is 0.161 e. The Hall–Kier alpha value is -2.13. The molecule has 1 aromatic heterocycles. The third-order valence-corrected chi connectivity index (χ3v) is 5.74. The molecular weight excluding hydrogens is 408 g/mol. The second-order valence-electron chi connectivity index (χ2n) is 8.88. The number of nitrogens with one attached hydrogen (secondary N) is 1. The van der Waals surface area contributed by atoms with E-state index in [0.29, 0.717) is 37.1 Å². The van der Waals surface area contributed by atoms with Crippen LogP contribution in [0.25, 0.3) is 0 Å². The molecule has 1 atom stereocenters. The highest BCUT2D eigenvalue weighted by molar-refractivity contribution is 5.43. The van der Waals surface area contributed by atoms with E-state index in [1.807, 2.05) is 24.3 Å². The normalized spacial score (nSPS) is 16.8. The number of hydrogen-bond acceptors (Lipinski definition) is 8. The maximum atomic E-state index is 10.5. The molecule has 1 aliphatic heterocycles. The van der Waals surface area contributed by atoms with Gasteiger partial charge in [-0.1, -0.05) is 25.1 Å². The van der Waals surface area contributed by atoms with Crippen LogP contribution in [-0.4, -0.2) is 79.7 Å². The lowest BCUT2D eigenvalue weighted by Crippen LogP contribution is -2.37. The highest BCUT2D eigenvalue weighted by Crippen LogP contribution is 2.28. The smallest absolute Gasteiger partial charge is 0.161 e. The standard InChI is InChI=1S/C24H38N4O4/c1-18(2)22-13-21(32-26-22)15-25-14-19-6-7-23(30-4)24(12-19)31-17-20(29)16-28-9-5-8-27(3)10-11-28/h6-7,12-13,18,20,25,29H,5,8-11,14-17H2,1-4H3. The molecule has 8 nitrogen and oxygen atoms in total. The van der Waals surface area contributed by atoms with Crippen LogP contribution in [-0.2, 0) is 13.1 Å². The van der Waals surface area contributed by atoms with Gasteiger partial charge in [-0.25, -0.2) is 0 Å². The lowest BCUT2D eigenvalue weighted by Gasteiger charge is -2.23. The molecule has 1 saturated heterocycles. The first-order chi connectivity index (χ1) is 15.4. The average Bonchev–Trinajstić information content (AvgIpc) is 3.16. The molecule has 1 aliphatic rings. The number of benzene rings is 1. The average molecular weight is 447 g/mol. The molecule has 0 radical (unpaired) electrons. The van der Waals surface area contributed by atoms with Crippen molar-refractivity contribution in [2.24, 2.45) is 0 Å². The minimum absolute atomic E-state index is 0.232. The summed E-state index contributed by atoms with van der Waals surface area (Å²) in [7, 11) is 3.77. The predicted octanol–water partition coefficient (Wildman–Crippen LogP) is 2.47. The predicted molar refractivity (Wildman–Crippen MR) is 124 cm³/mol. The molecule has 0 bridgehead atoms. The van der Waals surface area contributed by atoms with E-state index in [4.69, 9.17) is 14.0 Å². The zero-order valence-electron chi connectivity index (χ0n) is 19.8. The van der Waals surface area contributed by atoms with Crippen LogP contribution in [0.3, 0.4) is 0 Å². The summed E-state index contributed by atoms with van der Waals surface area (Å²) in [5.74, 6) is 2.48. The van der Waals surface area contributed by atoms with Crippen molar-refractivity contribution in [2.75, 3.05) is 53.5 Å². The van der Waals surface area contributed by atoms with Gasteiger partial charge in [-0.3, -0.25) is 4.90 Å². The summed E-state index contributed by atoms with van der Waals surface area (Å²) < 4.78 is 16.8. The number of rotatable bonds is 11. The number of hydrogen-bond donors (Lipinski definition) is 2. The van der Waals surface area contributed by atoms with Crippen molar-refractivity contribution in [3.63, 3.8) is 0 Å². The van der Waals surface area contributed by atoms with Crippen LogP contribution in [0, 0.1) is 0 Å². The Labute approximate surface area is 191 Å². The molecule has 2 heterocycles. The molecule has 0 amide bonds. The van der Waals surface area contributed by atoms with E-state index in [-0.39, 0.29) is 6.61 Å². The Morgan fingerprint density at radius 1 is 1.12 bits per heavy atom. The summed E-state index contributed by atoms with van der Waals surface area (Å²) in [5, 5.41) is 18.0. The van der Waals surface area contributed by atoms with E-state index in [1.54, 1.807) is 7.11 Å². The van der Waals surface area contributed by atoms with Gasteiger partial charge in [0, 0.05) is 32.2 Å². The summed E-state index contributed by atoms with van der Waals surface area (Å²) in [4.78, 5) is 4.64. The monoisotopic (exact) mass is 446 g/mol. The van der Waals surface area contributed by atoms with E-state index >= 15 is 0 Å². The molecule has 0 spiro atoms. The van der Waals surface area contributed by atoms with Crippen LogP contribution in [0.4, 0.5) is 0 Å². The van der Waals surface area contributed by atoms with E-state index in [2.05, 4.69) is 41.2 Å². The highest BCUT2D eigenvalue weighted by Gasteiger charge is 2.17. The SMILES string of the molecule is COc1ccc(CNCc2cc(C(C)C)no2)cc1OCC(O)CN1CCCN(C)CC1. The van der Waals surface area contributed by atoms with Crippen LogP contribution >= 0.6 is 0 Å². The zero-order chi connectivity index (χ0) is 22.9. The number of aliphatic hydroxyl groups excluding tert-OH is 1. The Morgan fingerprint density at radius 3 is 2.72 bits per heavy atom. The van der Waals surface area contributed by atoms with E-state index in [9.17, 15) is 5.11 Å². The Bertz CT molecular complexity index is 826. The van der Waals surface area contributed by atoms with Crippen molar-refractivity contribution in [1.82, 2.24) is 20.3 Å². The number of aliphatic hydroxyl groups is 1. The fraction of sp³-hybridized carbons (Fsp3) is 0.625. The van der Waals surface area contributed by atoms with Gasteiger partial charge in [0.05, 0.1) is 19.3 Å². The second kappa shape index (κ2) is 12.2. The third kappa shape index (κ3) is 7.48. The quantitative estimate of drug-likeness (QED) is 0.545. The van der Waals surface area contributed by atoms with Gasteiger partial charge >= 0.3 is 0 Å². The van der Waals surface area contributed by atoms with Crippen molar-refractivity contribution >= 4 is 0 Å². The van der Waals surface area contributed by atoms with Gasteiger partial charge in [0.1, 0.15) is 12.7 Å². The fourth-order valence-electron chi connectivity index (χ4n) is 3.78. The molecule has 0 aliphatic carbocycles. The summed E-state index contributed by atoms with van der Waals surface area (Å²) >= 11 is 0. The Morgan fingerprint density at radius 2 is 1.97 bits per heavy atom. The molecular formula is C24H38N4O4. The van der Waals surface area contributed by atoms with Crippen LogP contribution in [0.1, 0.15) is 43.2 Å². The number of β-amino-alcohol motifs (C(OH)–C–C–N with tert-alkyl or cyclic N) is 1. The fourth-order valence-corrected chi connectivity index (χ4v) is 3.78. The topological polar surface area (TPSA) is 83.2 Å². The molecule has 32 heavy (non-hydrogen) atoms. The maximum absolute atomic E-state index is 10.5. The highest BCUT2D eigenvalue weighted by atomic mass is 16.5. The van der Waals surface area contributed by atoms with Crippen LogP contribution in [0.2, 0.25) is 0 Å². The van der Waals surface area contributed by atoms with Crippen molar-refractivity contribution in [3.05, 3.63) is 41.3 Å². The van der Waals surface area contributed by atoms with Crippen molar-refractivity contribution < 1.29 is 19.1 Å². The zero-order valence-corrected chi connectivity index (χ0v) is 19.8. The van der Waals surface area contributed by atoms with Crippen LogP contribution < -0.4 is 14.8 Å². The second-order valence-corrected chi connectivity index (χ2v) is 8.88. The molecule has 2 aromatic rings. The number of methoxy groups -OCH3 is 1. The largest absolute Gasteiger partial charge is 0.493 e. The van der Waals surface area contributed by atoms with Gasteiger partial charge in [0.25, 0.3) is 0 Å². The number of likely N-dealkylation sites (N-methyl/N-ethyl adjacent to an activating group) is 1. The van der Waals surface area contributed by atoms with Crippen molar-refractivity contribution in [2.45, 2.75) is 45.4 Å². The lowest BCUT2D eigenvalue weighted by atomic mass is 10.1. The lowest BCUT2D eigenvalue weighted by molar-refractivity contribution is 0.0685. The molecule has 3 rings (SSSR count). The number of ether oxygens (including phenoxy) is 2.